The average molecular weight is 326 g/mol. The first-order valence-electron chi connectivity index (χ1n) is 7.62. The zero-order valence-corrected chi connectivity index (χ0v) is 12.7. The number of amides is 1. The Kier molecular flexibility index (Phi) is 3.46. The maximum atomic E-state index is 14.7. The lowest BCUT2D eigenvalue weighted by Crippen LogP contribution is -2.25. The molecular formula is C18H15FN2O3. The van der Waals surface area contributed by atoms with Crippen molar-refractivity contribution in [2.24, 2.45) is 0 Å². The van der Waals surface area contributed by atoms with Gasteiger partial charge in [-0.1, -0.05) is 18.2 Å². The van der Waals surface area contributed by atoms with E-state index in [1.165, 1.54) is 11.0 Å². The minimum atomic E-state index is -0.576. The summed E-state index contributed by atoms with van der Waals surface area (Å²) in [4.78, 5) is 13.1. The van der Waals surface area contributed by atoms with Gasteiger partial charge in [-0.2, -0.15) is 0 Å². The van der Waals surface area contributed by atoms with Gasteiger partial charge in [0.25, 0.3) is 0 Å². The number of halogens is 1. The van der Waals surface area contributed by atoms with Crippen LogP contribution in [0.15, 0.2) is 54.7 Å². The monoisotopic (exact) mass is 326 g/mol. The Balaban J connectivity index is 1.71. The van der Waals surface area contributed by atoms with Crippen molar-refractivity contribution in [3.8, 4) is 5.69 Å². The topological polar surface area (TPSA) is 54.7 Å². The molecule has 2 aromatic carbocycles. The second kappa shape index (κ2) is 5.65. The van der Waals surface area contributed by atoms with Gasteiger partial charge in [0, 0.05) is 6.20 Å². The van der Waals surface area contributed by atoms with E-state index in [-0.39, 0.29) is 13.2 Å². The van der Waals surface area contributed by atoms with E-state index in [2.05, 4.69) is 0 Å². The van der Waals surface area contributed by atoms with Gasteiger partial charge in [-0.05, 0) is 35.7 Å². The molecule has 1 saturated heterocycles. The van der Waals surface area contributed by atoms with E-state index in [0.717, 1.165) is 10.9 Å². The average Bonchev–Trinajstić information content (AvgIpc) is 3.18. The van der Waals surface area contributed by atoms with Gasteiger partial charge in [0.1, 0.15) is 11.9 Å². The Hall–Kier alpha value is -2.86. The Labute approximate surface area is 137 Å². The van der Waals surface area contributed by atoms with E-state index < -0.39 is 18.0 Å². The van der Waals surface area contributed by atoms with Crippen LogP contribution in [0.2, 0.25) is 0 Å². The molecule has 1 atom stereocenters. The molecule has 1 aromatic heterocycles. The second-order valence-electron chi connectivity index (χ2n) is 5.68. The zero-order chi connectivity index (χ0) is 16.7. The van der Waals surface area contributed by atoms with Crippen molar-refractivity contribution >= 4 is 22.7 Å². The highest BCUT2D eigenvalue weighted by Crippen LogP contribution is 2.27. The summed E-state index contributed by atoms with van der Waals surface area (Å²) in [7, 11) is 0. The van der Waals surface area contributed by atoms with Crippen LogP contribution >= 0.6 is 0 Å². The molecule has 5 nitrogen and oxygen atoms in total. The number of hydrogen-bond donors (Lipinski definition) is 1. The molecule has 4 rings (SSSR count). The van der Waals surface area contributed by atoms with Crippen LogP contribution in [0.1, 0.15) is 0 Å². The van der Waals surface area contributed by atoms with Crippen LogP contribution in [-0.2, 0) is 4.74 Å². The fourth-order valence-electron chi connectivity index (χ4n) is 2.98. The van der Waals surface area contributed by atoms with Crippen molar-refractivity contribution in [2.75, 3.05) is 18.1 Å². The van der Waals surface area contributed by atoms with Crippen LogP contribution in [0.5, 0.6) is 0 Å². The number of benzene rings is 2. The minimum Gasteiger partial charge on any atom is -0.441 e. The van der Waals surface area contributed by atoms with Crippen LogP contribution in [0.25, 0.3) is 16.6 Å². The van der Waals surface area contributed by atoms with Crippen LogP contribution in [0.3, 0.4) is 0 Å². The number of aliphatic hydroxyl groups is 1. The number of nitrogens with zero attached hydrogens (tertiary/aromatic N) is 2. The van der Waals surface area contributed by atoms with E-state index in [1.807, 2.05) is 36.5 Å². The molecule has 0 aliphatic carbocycles. The maximum Gasteiger partial charge on any atom is 0.414 e. The molecule has 3 aromatic rings. The van der Waals surface area contributed by atoms with Gasteiger partial charge in [-0.25, -0.2) is 9.18 Å². The Morgan fingerprint density at radius 3 is 2.79 bits per heavy atom. The summed E-state index contributed by atoms with van der Waals surface area (Å²) in [5.41, 5.74) is 1.73. The molecule has 1 fully saturated rings. The predicted molar refractivity (Wildman–Crippen MR) is 87.9 cm³/mol. The molecule has 1 amide bonds. The van der Waals surface area contributed by atoms with Gasteiger partial charge in [0.2, 0.25) is 0 Å². The standard InChI is InChI=1S/C18H15FN2O3/c19-15-9-13(21-10-14(11-22)24-18(21)23)5-6-17(15)20-8-7-12-3-1-2-4-16(12)20/h1-9,14,22H,10-11H2. The Morgan fingerprint density at radius 1 is 1.21 bits per heavy atom. The quantitative estimate of drug-likeness (QED) is 0.805. The molecule has 0 saturated carbocycles. The maximum absolute atomic E-state index is 14.7. The van der Waals surface area contributed by atoms with Gasteiger partial charge in [0.15, 0.2) is 0 Å². The number of para-hydroxylation sites is 1. The number of fused-ring (bicyclic) bond motifs is 1. The summed E-state index contributed by atoms with van der Waals surface area (Å²) >= 11 is 0. The third kappa shape index (κ3) is 2.32. The smallest absolute Gasteiger partial charge is 0.414 e. The van der Waals surface area contributed by atoms with Crippen LogP contribution in [0, 0.1) is 5.82 Å². The molecule has 0 radical (unpaired) electrons. The summed E-state index contributed by atoms with van der Waals surface area (Å²) in [5.74, 6) is -0.436. The normalized spacial score (nSPS) is 17.5. The van der Waals surface area contributed by atoms with Crippen molar-refractivity contribution in [1.29, 1.82) is 0 Å². The summed E-state index contributed by atoms with van der Waals surface area (Å²) in [6.07, 6.45) is 0.663. The third-order valence-electron chi connectivity index (χ3n) is 4.18. The van der Waals surface area contributed by atoms with Gasteiger partial charge >= 0.3 is 6.09 Å². The highest BCUT2D eigenvalue weighted by atomic mass is 19.1. The van der Waals surface area contributed by atoms with E-state index in [1.54, 1.807) is 16.7 Å². The van der Waals surface area contributed by atoms with Gasteiger partial charge in [-0.15, -0.1) is 0 Å². The fourth-order valence-corrected chi connectivity index (χ4v) is 2.98. The second-order valence-corrected chi connectivity index (χ2v) is 5.68. The van der Waals surface area contributed by atoms with E-state index in [0.29, 0.717) is 11.4 Å². The molecule has 6 heteroatoms. The largest absolute Gasteiger partial charge is 0.441 e. The van der Waals surface area contributed by atoms with Crippen molar-refractivity contribution < 1.29 is 19.0 Å². The van der Waals surface area contributed by atoms with Crippen molar-refractivity contribution in [1.82, 2.24) is 4.57 Å². The molecule has 1 aliphatic rings. The number of hydrogen-bond acceptors (Lipinski definition) is 3. The number of carbonyl (C=O) groups is 1. The lowest BCUT2D eigenvalue weighted by molar-refractivity contribution is 0.0963. The first-order valence-corrected chi connectivity index (χ1v) is 7.62. The fraction of sp³-hybridized carbons (Fsp3) is 0.167. The SMILES string of the molecule is O=C1OC(CO)CN1c1ccc(-n2ccc3ccccc32)c(F)c1. The first-order chi connectivity index (χ1) is 11.7. The Bertz CT molecular complexity index is 922. The molecule has 122 valence electrons. The van der Waals surface area contributed by atoms with E-state index in [4.69, 9.17) is 9.84 Å². The molecule has 1 aliphatic heterocycles. The van der Waals surface area contributed by atoms with Crippen molar-refractivity contribution in [3.05, 3.63) is 60.5 Å². The summed E-state index contributed by atoms with van der Waals surface area (Å²) < 4.78 is 21.4. The molecule has 1 unspecified atom stereocenters. The van der Waals surface area contributed by atoms with Gasteiger partial charge in [0.05, 0.1) is 30.0 Å². The van der Waals surface area contributed by atoms with Crippen LogP contribution in [-0.4, -0.2) is 35.0 Å². The van der Waals surface area contributed by atoms with Gasteiger partial charge in [-0.3, -0.25) is 4.90 Å². The number of aromatic nitrogens is 1. The highest BCUT2D eigenvalue weighted by molar-refractivity contribution is 5.90. The number of rotatable bonds is 3. The number of anilines is 1. The van der Waals surface area contributed by atoms with Crippen LogP contribution in [0.4, 0.5) is 14.9 Å². The van der Waals surface area contributed by atoms with E-state index in [9.17, 15) is 9.18 Å². The molecular weight excluding hydrogens is 311 g/mol. The Morgan fingerprint density at radius 2 is 2.04 bits per heavy atom. The molecule has 24 heavy (non-hydrogen) atoms. The first kappa shape index (κ1) is 14.7. The highest BCUT2D eigenvalue weighted by Gasteiger charge is 2.32. The molecule has 0 spiro atoms. The molecule has 1 N–H and O–H groups in total. The number of carbonyl (C=O) groups excluding carboxylic acids is 1. The lowest BCUT2D eigenvalue weighted by Gasteiger charge is -2.15. The molecule has 0 bridgehead atoms. The van der Waals surface area contributed by atoms with Crippen molar-refractivity contribution in [2.45, 2.75) is 6.10 Å². The van der Waals surface area contributed by atoms with Gasteiger partial charge < -0.3 is 14.4 Å². The number of cyclic esters (lactones) is 1. The summed E-state index contributed by atoms with van der Waals surface area (Å²) in [6, 6.07) is 14.3. The summed E-state index contributed by atoms with van der Waals surface area (Å²) in [6.45, 7) is -0.0429. The third-order valence-corrected chi connectivity index (χ3v) is 4.18. The lowest BCUT2D eigenvalue weighted by atomic mass is 10.2. The van der Waals surface area contributed by atoms with Crippen molar-refractivity contribution in [3.63, 3.8) is 0 Å². The minimum absolute atomic E-state index is 0.209. The zero-order valence-electron chi connectivity index (χ0n) is 12.7. The number of aliphatic hydroxyl groups excluding tert-OH is 1. The predicted octanol–water partition coefficient (Wildman–Crippen LogP) is 3.09. The van der Waals surface area contributed by atoms with E-state index >= 15 is 0 Å². The van der Waals surface area contributed by atoms with Crippen LogP contribution < -0.4 is 4.90 Å². The molecule has 2 heterocycles. The number of ether oxygens (including phenoxy) is 1. The summed E-state index contributed by atoms with van der Waals surface area (Å²) in [5, 5.41) is 10.1.